The summed E-state index contributed by atoms with van der Waals surface area (Å²) in [7, 11) is 0. The van der Waals surface area contributed by atoms with Crippen molar-refractivity contribution in [1.29, 1.82) is 0 Å². The lowest BCUT2D eigenvalue weighted by Crippen LogP contribution is -2.40. The van der Waals surface area contributed by atoms with Gasteiger partial charge in [0.25, 0.3) is 0 Å². The van der Waals surface area contributed by atoms with E-state index in [1.54, 1.807) is 0 Å². The van der Waals surface area contributed by atoms with Crippen LogP contribution in [0.3, 0.4) is 0 Å². The van der Waals surface area contributed by atoms with E-state index in [-0.39, 0.29) is 0 Å². The fourth-order valence-corrected chi connectivity index (χ4v) is 2.40. The highest BCUT2D eigenvalue weighted by Gasteiger charge is 2.26. The van der Waals surface area contributed by atoms with E-state index in [0.29, 0.717) is 6.04 Å². The molecule has 1 N–H and O–H groups in total. The molecule has 90 valence electrons. The van der Waals surface area contributed by atoms with Gasteiger partial charge in [-0.3, -0.25) is 0 Å². The van der Waals surface area contributed by atoms with Crippen LogP contribution in [0.25, 0.3) is 0 Å². The van der Waals surface area contributed by atoms with E-state index in [4.69, 9.17) is 0 Å². The number of hydrogen-bond donors (Lipinski definition) is 1. The van der Waals surface area contributed by atoms with Crippen molar-refractivity contribution in [3.63, 3.8) is 0 Å². The molecule has 1 aliphatic rings. The smallest absolute Gasteiger partial charge is 0.0192 e. The Labute approximate surface area is 95.4 Å². The first-order valence-electron chi connectivity index (χ1n) is 6.63. The Bertz CT molecular complexity index is 160. The van der Waals surface area contributed by atoms with E-state index >= 15 is 0 Å². The van der Waals surface area contributed by atoms with Gasteiger partial charge in [-0.25, -0.2) is 0 Å². The first kappa shape index (κ1) is 13.0. The van der Waals surface area contributed by atoms with Gasteiger partial charge in [0.05, 0.1) is 0 Å². The van der Waals surface area contributed by atoms with Gasteiger partial charge in [0.2, 0.25) is 0 Å². The van der Waals surface area contributed by atoms with Gasteiger partial charge in [0.15, 0.2) is 0 Å². The molecule has 0 saturated carbocycles. The molecular weight excluding hydrogens is 184 g/mol. The number of likely N-dealkylation sites (tertiary alicyclic amines) is 1. The normalized spacial score (nSPS) is 29.6. The standard InChI is InChI=1S/C13H28N2/c1-5-7-14-13(6-2)10-15-8-11(3)12(4)9-15/h11-14H,5-10H2,1-4H3. The molecule has 1 heterocycles. The monoisotopic (exact) mass is 212 g/mol. The fraction of sp³-hybridized carbons (Fsp3) is 1.00. The summed E-state index contributed by atoms with van der Waals surface area (Å²) < 4.78 is 0. The highest BCUT2D eigenvalue weighted by Crippen LogP contribution is 2.22. The minimum Gasteiger partial charge on any atom is -0.313 e. The molecule has 3 unspecified atom stereocenters. The van der Waals surface area contributed by atoms with Crippen LogP contribution in [0.5, 0.6) is 0 Å². The molecule has 0 amide bonds. The summed E-state index contributed by atoms with van der Waals surface area (Å²) >= 11 is 0. The van der Waals surface area contributed by atoms with E-state index in [2.05, 4.69) is 37.9 Å². The van der Waals surface area contributed by atoms with Crippen LogP contribution in [0.4, 0.5) is 0 Å². The number of nitrogens with zero attached hydrogens (tertiary/aromatic N) is 1. The van der Waals surface area contributed by atoms with Crippen LogP contribution in [0.15, 0.2) is 0 Å². The predicted octanol–water partition coefficient (Wildman–Crippen LogP) is 2.35. The van der Waals surface area contributed by atoms with Crippen molar-refractivity contribution in [2.75, 3.05) is 26.2 Å². The van der Waals surface area contributed by atoms with Crippen molar-refractivity contribution >= 4 is 0 Å². The van der Waals surface area contributed by atoms with Crippen LogP contribution in [-0.4, -0.2) is 37.1 Å². The molecule has 0 aromatic rings. The summed E-state index contributed by atoms with van der Waals surface area (Å²) in [5.41, 5.74) is 0. The maximum Gasteiger partial charge on any atom is 0.0192 e. The average molecular weight is 212 g/mol. The topological polar surface area (TPSA) is 15.3 Å². The van der Waals surface area contributed by atoms with Crippen LogP contribution in [0.1, 0.15) is 40.5 Å². The Morgan fingerprint density at radius 1 is 1.20 bits per heavy atom. The van der Waals surface area contributed by atoms with Crippen molar-refractivity contribution < 1.29 is 0 Å². The van der Waals surface area contributed by atoms with Gasteiger partial charge in [-0.15, -0.1) is 0 Å². The van der Waals surface area contributed by atoms with E-state index in [0.717, 1.165) is 18.4 Å². The number of rotatable bonds is 6. The van der Waals surface area contributed by atoms with Gasteiger partial charge in [-0.2, -0.15) is 0 Å². The van der Waals surface area contributed by atoms with Gasteiger partial charge in [0, 0.05) is 25.7 Å². The lowest BCUT2D eigenvalue weighted by atomic mass is 10.0. The first-order valence-corrected chi connectivity index (χ1v) is 6.63. The lowest BCUT2D eigenvalue weighted by molar-refractivity contribution is 0.276. The maximum absolute atomic E-state index is 3.63. The van der Waals surface area contributed by atoms with E-state index in [9.17, 15) is 0 Å². The molecule has 2 heteroatoms. The Balaban J connectivity index is 2.26. The van der Waals surface area contributed by atoms with Gasteiger partial charge in [0.1, 0.15) is 0 Å². The molecule has 0 spiro atoms. The average Bonchev–Trinajstić information content (AvgIpc) is 2.53. The lowest BCUT2D eigenvalue weighted by Gasteiger charge is -2.23. The summed E-state index contributed by atoms with van der Waals surface area (Å²) in [5, 5.41) is 3.63. The highest BCUT2D eigenvalue weighted by atomic mass is 15.2. The second-order valence-corrected chi connectivity index (χ2v) is 5.23. The van der Waals surface area contributed by atoms with Gasteiger partial charge in [-0.1, -0.05) is 27.7 Å². The van der Waals surface area contributed by atoms with E-state index in [1.165, 1.54) is 32.5 Å². The molecule has 1 fully saturated rings. The van der Waals surface area contributed by atoms with Crippen molar-refractivity contribution in [2.24, 2.45) is 11.8 Å². The predicted molar refractivity (Wildman–Crippen MR) is 67.1 cm³/mol. The first-order chi connectivity index (χ1) is 7.17. The molecular formula is C13H28N2. The second-order valence-electron chi connectivity index (χ2n) is 5.23. The second kappa shape index (κ2) is 6.49. The third-order valence-electron chi connectivity index (χ3n) is 3.72. The molecule has 0 bridgehead atoms. The zero-order valence-electron chi connectivity index (χ0n) is 10.9. The van der Waals surface area contributed by atoms with Crippen molar-refractivity contribution in [2.45, 2.75) is 46.6 Å². The maximum atomic E-state index is 3.63. The van der Waals surface area contributed by atoms with Gasteiger partial charge >= 0.3 is 0 Å². The van der Waals surface area contributed by atoms with Crippen LogP contribution >= 0.6 is 0 Å². The third kappa shape index (κ3) is 4.12. The minimum absolute atomic E-state index is 0.697. The van der Waals surface area contributed by atoms with Gasteiger partial charge < -0.3 is 10.2 Å². The number of nitrogens with one attached hydrogen (secondary N) is 1. The Kier molecular flexibility index (Phi) is 5.62. The Morgan fingerprint density at radius 2 is 1.80 bits per heavy atom. The van der Waals surface area contributed by atoms with E-state index < -0.39 is 0 Å². The quantitative estimate of drug-likeness (QED) is 0.727. The highest BCUT2D eigenvalue weighted by molar-refractivity contribution is 4.81. The molecule has 1 rings (SSSR count). The molecule has 0 aromatic heterocycles. The Hall–Kier alpha value is -0.0800. The molecule has 1 saturated heterocycles. The van der Waals surface area contributed by atoms with Crippen LogP contribution < -0.4 is 5.32 Å². The zero-order chi connectivity index (χ0) is 11.3. The van der Waals surface area contributed by atoms with Crippen molar-refractivity contribution in [3.05, 3.63) is 0 Å². The molecule has 15 heavy (non-hydrogen) atoms. The molecule has 2 nitrogen and oxygen atoms in total. The zero-order valence-corrected chi connectivity index (χ0v) is 10.9. The Morgan fingerprint density at radius 3 is 2.27 bits per heavy atom. The molecule has 1 aliphatic heterocycles. The summed E-state index contributed by atoms with van der Waals surface area (Å²) in [4.78, 5) is 2.63. The van der Waals surface area contributed by atoms with E-state index in [1.807, 2.05) is 0 Å². The molecule has 0 aliphatic carbocycles. The molecule has 0 aromatic carbocycles. The van der Waals surface area contributed by atoms with Crippen LogP contribution in [-0.2, 0) is 0 Å². The fourth-order valence-electron chi connectivity index (χ4n) is 2.40. The largest absolute Gasteiger partial charge is 0.313 e. The van der Waals surface area contributed by atoms with Crippen LogP contribution in [0, 0.1) is 11.8 Å². The summed E-state index contributed by atoms with van der Waals surface area (Å²) in [6.45, 7) is 14.3. The number of hydrogen-bond acceptors (Lipinski definition) is 2. The van der Waals surface area contributed by atoms with Crippen molar-refractivity contribution in [1.82, 2.24) is 10.2 Å². The molecule has 0 radical (unpaired) electrons. The SMILES string of the molecule is CCCNC(CC)CN1CC(C)C(C)C1. The van der Waals surface area contributed by atoms with Crippen molar-refractivity contribution in [3.8, 4) is 0 Å². The summed E-state index contributed by atoms with van der Waals surface area (Å²) in [6, 6.07) is 0.697. The van der Waals surface area contributed by atoms with Gasteiger partial charge in [-0.05, 0) is 31.2 Å². The third-order valence-corrected chi connectivity index (χ3v) is 3.72. The summed E-state index contributed by atoms with van der Waals surface area (Å²) in [6.07, 6.45) is 2.49. The molecule has 3 atom stereocenters. The minimum atomic E-state index is 0.697. The van der Waals surface area contributed by atoms with Crippen LogP contribution in [0.2, 0.25) is 0 Å². The summed E-state index contributed by atoms with van der Waals surface area (Å²) in [5.74, 6) is 1.77.